The zero-order valence-corrected chi connectivity index (χ0v) is 14.9. The molecule has 0 saturated heterocycles. The lowest BCUT2D eigenvalue weighted by atomic mass is 9.93. The van der Waals surface area contributed by atoms with Gasteiger partial charge in [-0.05, 0) is 37.3 Å². The van der Waals surface area contributed by atoms with Crippen LogP contribution in [0.15, 0.2) is 34.7 Å². The van der Waals surface area contributed by atoms with Crippen LogP contribution in [-0.4, -0.2) is 19.1 Å². The van der Waals surface area contributed by atoms with Gasteiger partial charge in [0.05, 0.1) is 12.7 Å². The number of hydrazine groups is 1. The quantitative estimate of drug-likeness (QED) is 0.832. The summed E-state index contributed by atoms with van der Waals surface area (Å²) in [5.74, 6) is 1.65. The first kappa shape index (κ1) is 18.4. The Morgan fingerprint density at radius 1 is 1.04 bits per heavy atom. The fourth-order valence-electron chi connectivity index (χ4n) is 2.03. The van der Waals surface area contributed by atoms with Crippen molar-refractivity contribution in [3.05, 3.63) is 47.4 Å². The minimum Gasteiger partial charge on any atom is -0.497 e. The number of amides is 2. The third-order valence-corrected chi connectivity index (χ3v) is 3.45. The van der Waals surface area contributed by atoms with Gasteiger partial charge < -0.3 is 13.9 Å². The topological polar surface area (TPSA) is 89.8 Å². The summed E-state index contributed by atoms with van der Waals surface area (Å²) >= 11 is 0. The summed E-state index contributed by atoms with van der Waals surface area (Å²) < 4.78 is 15.7. The molecule has 134 valence electrons. The first-order valence-corrected chi connectivity index (χ1v) is 7.74. The molecule has 2 N–H and O–H groups in total. The molecule has 0 aliphatic heterocycles. The van der Waals surface area contributed by atoms with Crippen LogP contribution in [0.3, 0.4) is 0 Å². The van der Waals surface area contributed by atoms with E-state index >= 15 is 0 Å². The molecule has 0 saturated carbocycles. The number of carbonyl (C=O) groups is 2. The van der Waals surface area contributed by atoms with E-state index in [1.54, 1.807) is 44.4 Å². The minimum atomic E-state index is -0.810. The summed E-state index contributed by atoms with van der Waals surface area (Å²) in [5, 5.41) is 0. The van der Waals surface area contributed by atoms with Crippen LogP contribution < -0.4 is 20.3 Å². The number of carbonyl (C=O) groups excluding carboxylic acids is 2. The van der Waals surface area contributed by atoms with Crippen LogP contribution in [0.4, 0.5) is 4.79 Å². The molecule has 2 rings (SSSR count). The van der Waals surface area contributed by atoms with Crippen molar-refractivity contribution in [2.45, 2.75) is 33.1 Å². The number of hydrogen-bond acceptors (Lipinski definition) is 5. The molecule has 0 fully saturated rings. The Labute approximate surface area is 146 Å². The predicted octanol–water partition coefficient (Wildman–Crippen LogP) is 3.33. The highest BCUT2D eigenvalue weighted by Crippen LogP contribution is 2.26. The SMILES string of the molecule is COc1ccc(OC(=O)NNC(=O)c2cc(C(C)(C)C)oc2C)cc1. The Morgan fingerprint density at radius 3 is 2.16 bits per heavy atom. The smallest absolute Gasteiger partial charge is 0.431 e. The number of benzene rings is 1. The average Bonchev–Trinajstić information content (AvgIpc) is 2.95. The molecule has 25 heavy (non-hydrogen) atoms. The van der Waals surface area contributed by atoms with Crippen LogP contribution in [0.5, 0.6) is 11.5 Å². The molecule has 1 heterocycles. The van der Waals surface area contributed by atoms with E-state index in [1.165, 1.54) is 0 Å². The van der Waals surface area contributed by atoms with Crippen molar-refractivity contribution in [1.82, 2.24) is 10.9 Å². The molecular formula is C18H22N2O5. The van der Waals surface area contributed by atoms with Gasteiger partial charge in [-0.3, -0.25) is 10.2 Å². The van der Waals surface area contributed by atoms with Gasteiger partial charge in [0.25, 0.3) is 5.91 Å². The van der Waals surface area contributed by atoms with Gasteiger partial charge in [-0.15, -0.1) is 0 Å². The summed E-state index contributed by atoms with van der Waals surface area (Å²) in [6, 6.07) is 8.14. The minimum absolute atomic E-state index is 0.218. The molecule has 0 aliphatic rings. The standard InChI is InChI=1S/C18H22N2O5/c1-11-14(10-15(24-11)18(2,3)4)16(21)19-20-17(22)25-13-8-6-12(23-5)7-9-13/h6-10H,1-5H3,(H,19,21)(H,20,22). The molecule has 0 bridgehead atoms. The summed E-state index contributed by atoms with van der Waals surface area (Å²) in [6.07, 6.45) is -0.810. The summed E-state index contributed by atoms with van der Waals surface area (Å²) in [4.78, 5) is 23.9. The number of methoxy groups -OCH3 is 1. The van der Waals surface area contributed by atoms with Crippen LogP contribution in [0.25, 0.3) is 0 Å². The highest BCUT2D eigenvalue weighted by Gasteiger charge is 2.23. The van der Waals surface area contributed by atoms with Crippen LogP contribution in [-0.2, 0) is 5.41 Å². The van der Waals surface area contributed by atoms with Crippen molar-refractivity contribution in [3.63, 3.8) is 0 Å². The van der Waals surface area contributed by atoms with Gasteiger partial charge >= 0.3 is 6.09 Å². The van der Waals surface area contributed by atoms with Crippen LogP contribution in [0.2, 0.25) is 0 Å². The summed E-state index contributed by atoms with van der Waals surface area (Å²) in [6.45, 7) is 7.64. The second-order valence-corrected chi connectivity index (χ2v) is 6.47. The molecule has 2 amide bonds. The maximum Gasteiger partial charge on any atom is 0.431 e. The van der Waals surface area contributed by atoms with E-state index in [2.05, 4.69) is 10.9 Å². The fourth-order valence-corrected chi connectivity index (χ4v) is 2.03. The lowest BCUT2D eigenvalue weighted by Crippen LogP contribution is -2.43. The third-order valence-electron chi connectivity index (χ3n) is 3.45. The van der Waals surface area contributed by atoms with Crippen molar-refractivity contribution in [1.29, 1.82) is 0 Å². The Bertz CT molecular complexity index is 757. The molecule has 0 unspecified atom stereocenters. The highest BCUT2D eigenvalue weighted by atomic mass is 16.6. The number of aryl methyl sites for hydroxylation is 1. The second-order valence-electron chi connectivity index (χ2n) is 6.47. The number of furan rings is 1. The van der Waals surface area contributed by atoms with Crippen LogP contribution in [0, 0.1) is 6.92 Å². The monoisotopic (exact) mass is 346 g/mol. The van der Waals surface area contributed by atoms with E-state index in [0.717, 1.165) is 0 Å². The molecular weight excluding hydrogens is 324 g/mol. The van der Waals surface area contributed by atoms with Crippen molar-refractivity contribution in [3.8, 4) is 11.5 Å². The summed E-state index contributed by atoms with van der Waals surface area (Å²) in [5.41, 5.74) is 4.64. The number of nitrogens with one attached hydrogen (secondary N) is 2. The first-order valence-electron chi connectivity index (χ1n) is 7.74. The van der Waals surface area contributed by atoms with Crippen LogP contribution in [0.1, 0.15) is 42.6 Å². The Morgan fingerprint density at radius 2 is 1.64 bits per heavy atom. The van der Waals surface area contributed by atoms with E-state index in [-0.39, 0.29) is 5.41 Å². The van der Waals surface area contributed by atoms with E-state index in [0.29, 0.717) is 28.6 Å². The predicted molar refractivity (Wildman–Crippen MR) is 91.8 cm³/mol. The molecule has 0 radical (unpaired) electrons. The lowest BCUT2D eigenvalue weighted by Gasteiger charge is -2.13. The number of rotatable bonds is 3. The molecule has 0 spiro atoms. The average molecular weight is 346 g/mol. The number of hydrogen-bond donors (Lipinski definition) is 2. The van der Waals surface area contributed by atoms with Crippen molar-refractivity contribution in [2.24, 2.45) is 0 Å². The first-order chi connectivity index (χ1) is 11.7. The van der Waals surface area contributed by atoms with E-state index in [1.807, 2.05) is 20.8 Å². The highest BCUT2D eigenvalue weighted by molar-refractivity contribution is 5.96. The lowest BCUT2D eigenvalue weighted by molar-refractivity contribution is 0.0927. The van der Waals surface area contributed by atoms with Gasteiger partial charge in [0.15, 0.2) is 0 Å². The van der Waals surface area contributed by atoms with Gasteiger partial charge in [-0.1, -0.05) is 20.8 Å². The molecule has 0 atom stereocenters. The van der Waals surface area contributed by atoms with Crippen molar-refractivity contribution in [2.75, 3.05) is 7.11 Å². The normalized spacial score (nSPS) is 10.9. The van der Waals surface area contributed by atoms with E-state index < -0.39 is 12.0 Å². The Balaban J connectivity index is 1.93. The Hall–Kier alpha value is -2.96. The zero-order valence-electron chi connectivity index (χ0n) is 14.9. The van der Waals surface area contributed by atoms with Gasteiger partial charge in [-0.2, -0.15) is 0 Å². The van der Waals surface area contributed by atoms with Crippen LogP contribution >= 0.6 is 0 Å². The molecule has 0 aliphatic carbocycles. The van der Waals surface area contributed by atoms with Crippen molar-refractivity contribution < 1.29 is 23.5 Å². The molecule has 1 aromatic heterocycles. The molecule has 7 nitrogen and oxygen atoms in total. The van der Waals surface area contributed by atoms with Gasteiger partial charge in [-0.25, -0.2) is 10.2 Å². The molecule has 2 aromatic rings. The van der Waals surface area contributed by atoms with E-state index in [9.17, 15) is 9.59 Å². The fraction of sp³-hybridized carbons (Fsp3) is 0.333. The van der Waals surface area contributed by atoms with Gasteiger partial charge in [0.1, 0.15) is 23.0 Å². The maximum absolute atomic E-state index is 12.2. The summed E-state index contributed by atoms with van der Waals surface area (Å²) in [7, 11) is 1.54. The van der Waals surface area contributed by atoms with Crippen molar-refractivity contribution >= 4 is 12.0 Å². The molecule has 7 heteroatoms. The maximum atomic E-state index is 12.2. The second kappa shape index (κ2) is 7.29. The van der Waals surface area contributed by atoms with E-state index in [4.69, 9.17) is 13.9 Å². The zero-order chi connectivity index (χ0) is 18.6. The van der Waals surface area contributed by atoms with Gasteiger partial charge in [0, 0.05) is 5.41 Å². The number of ether oxygens (including phenoxy) is 2. The third kappa shape index (κ3) is 4.76. The van der Waals surface area contributed by atoms with Gasteiger partial charge in [0.2, 0.25) is 0 Å². The Kier molecular flexibility index (Phi) is 5.36. The largest absolute Gasteiger partial charge is 0.497 e. The molecule has 1 aromatic carbocycles.